The van der Waals surface area contributed by atoms with Gasteiger partial charge in [0.2, 0.25) is 0 Å². The van der Waals surface area contributed by atoms with Gasteiger partial charge in [0.1, 0.15) is 11.5 Å². The smallest absolute Gasteiger partial charge is 0.151 e. The van der Waals surface area contributed by atoms with Crippen LogP contribution in [0.4, 0.5) is 22.7 Å². The maximum Gasteiger partial charge on any atom is 0.151 e. The molecule has 0 spiro atoms. The predicted molar refractivity (Wildman–Crippen MR) is 284 cm³/mol. The molecule has 0 amide bonds. The summed E-state index contributed by atoms with van der Waals surface area (Å²) in [7, 11) is 0. The van der Waals surface area contributed by atoms with Gasteiger partial charge in [0, 0.05) is 17.8 Å². The number of para-hydroxylation sites is 4. The van der Waals surface area contributed by atoms with Crippen LogP contribution >= 0.6 is 0 Å². The second kappa shape index (κ2) is 16.1. The maximum absolute atomic E-state index is 6.60. The molecule has 0 unspecified atom stereocenters. The van der Waals surface area contributed by atoms with Crippen molar-refractivity contribution in [3.05, 3.63) is 241 Å². The average molecular weight is 875 g/mol. The molecule has 3 aliphatic rings. The maximum atomic E-state index is 6.60. The normalized spacial score (nSPS) is 14.4. The summed E-state index contributed by atoms with van der Waals surface area (Å²) >= 11 is 0. The molecule has 10 aromatic rings. The van der Waals surface area contributed by atoms with E-state index in [1.165, 1.54) is 70.9 Å². The lowest BCUT2D eigenvalue weighted by Crippen LogP contribution is -2.24. The number of anilines is 4. The van der Waals surface area contributed by atoms with E-state index >= 15 is 0 Å². The van der Waals surface area contributed by atoms with Crippen LogP contribution in [-0.4, -0.2) is 0 Å². The predicted octanol–water partition coefficient (Wildman–Crippen LogP) is 17.7. The third kappa shape index (κ3) is 6.44. The molecule has 68 heavy (non-hydrogen) atoms. The zero-order chi connectivity index (χ0) is 45.3. The molecule has 0 bridgehead atoms. The molecule has 4 nitrogen and oxygen atoms in total. The lowest BCUT2D eigenvalue weighted by molar-refractivity contribution is 0.388. The molecule has 0 saturated carbocycles. The first-order valence-corrected chi connectivity index (χ1v) is 23.6. The average Bonchev–Trinajstić information content (AvgIpc) is 3.39. The van der Waals surface area contributed by atoms with Crippen molar-refractivity contribution in [1.82, 2.24) is 0 Å². The third-order valence-electron chi connectivity index (χ3n) is 13.9. The Balaban J connectivity index is 1.14. The molecular weight excluding hydrogens is 829 g/mol. The van der Waals surface area contributed by atoms with Crippen LogP contribution in [0, 0.1) is 0 Å². The van der Waals surface area contributed by atoms with Gasteiger partial charge in [0.05, 0.1) is 22.8 Å². The van der Waals surface area contributed by atoms with Gasteiger partial charge in [-0.25, -0.2) is 0 Å². The summed E-state index contributed by atoms with van der Waals surface area (Å²) < 4.78 is 13.1. The van der Waals surface area contributed by atoms with Crippen molar-refractivity contribution in [3.63, 3.8) is 0 Å². The summed E-state index contributed by atoms with van der Waals surface area (Å²) in [6, 6.07) is 71.0. The fraction of sp³-hybridized carbons (Fsp3) is 0.0625. The number of hydrogen-bond acceptors (Lipinski definition) is 4. The van der Waals surface area contributed by atoms with Gasteiger partial charge in [-0.3, -0.25) is 0 Å². The fourth-order valence-corrected chi connectivity index (χ4v) is 10.8. The second-order valence-electron chi connectivity index (χ2n) is 17.9. The van der Waals surface area contributed by atoms with E-state index in [4.69, 9.17) is 9.47 Å². The topological polar surface area (TPSA) is 24.9 Å². The zero-order valence-electron chi connectivity index (χ0n) is 37.9. The van der Waals surface area contributed by atoms with E-state index in [9.17, 15) is 0 Å². The number of nitrogens with zero attached hydrogens (tertiary/aromatic N) is 2. The number of benzene rings is 10. The van der Waals surface area contributed by atoms with Crippen LogP contribution in [0.5, 0.6) is 11.5 Å². The summed E-state index contributed by atoms with van der Waals surface area (Å²) in [5.74, 6) is 3.56. The van der Waals surface area contributed by atoms with E-state index in [1.807, 2.05) is 6.07 Å². The Morgan fingerprint density at radius 1 is 0.471 bits per heavy atom. The molecule has 13 rings (SSSR count). The van der Waals surface area contributed by atoms with Gasteiger partial charge in [0.15, 0.2) is 11.5 Å². The van der Waals surface area contributed by atoms with Gasteiger partial charge in [-0.1, -0.05) is 146 Å². The minimum absolute atomic E-state index is 0.834. The first-order valence-electron chi connectivity index (χ1n) is 23.6. The van der Waals surface area contributed by atoms with Crippen LogP contribution in [0.2, 0.25) is 0 Å². The number of ether oxygens (including phenoxy) is 2. The Morgan fingerprint density at radius 2 is 1.09 bits per heavy atom. The third-order valence-corrected chi connectivity index (χ3v) is 13.9. The lowest BCUT2D eigenvalue weighted by atomic mass is 9.84. The molecule has 0 fully saturated rings. The number of hydrogen-bond donors (Lipinski definition) is 0. The molecule has 0 radical (unpaired) electrons. The summed E-state index contributed by atoms with van der Waals surface area (Å²) in [5, 5.41) is 9.58. The van der Waals surface area contributed by atoms with Crippen molar-refractivity contribution in [2.45, 2.75) is 26.7 Å². The molecule has 4 heteroatoms. The molecule has 10 aromatic carbocycles. The number of allylic oxidation sites excluding steroid dienone is 6. The van der Waals surface area contributed by atoms with Crippen LogP contribution in [0.3, 0.4) is 0 Å². The molecule has 324 valence electrons. The van der Waals surface area contributed by atoms with Gasteiger partial charge in [-0.05, 0) is 170 Å². The summed E-state index contributed by atoms with van der Waals surface area (Å²) in [6.07, 6.45) is 10.5. The summed E-state index contributed by atoms with van der Waals surface area (Å²) in [5.41, 5.74) is 13.4. The molecule has 0 saturated heterocycles. The van der Waals surface area contributed by atoms with Crippen molar-refractivity contribution in [3.8, 4) is 44.9 Å². The molecule has 0 atom stereocenters. The highest BCUT2D eigenvalue weighted by Gasteiger charge is 2.30. The van der Waals surface area contributed by atoms with Crippen LogP contribution in [0.1, 0.15) is 26.7 Å². The van der Waals surface area contributed by atoms with Crippen molar-refractivity contribution in [2.75, 3.05) is 9.80 Å². The Labute approximate surface area is 396 Å². The molecular formula is C64H46N2O2. The van der Waals surface area contributed by atoms with E-state index in [0.717, 1.165) is 75.6 Å². The van der Waals surface area contributed by atoms with E-state index in [1.54, 1.807) is 0 Å². The quantitative estimate of drug-likeness (QED) is 0.155. The Kier molecular flexibility index (Phi) is 9.40. The first kappa shape index (κ1) is 39.7. The van der Waals surface area contributed by atoms with E-state index in [-0.39, 0.29) is 0 Å². The Bertz CT molecular complexity index is 3850. The van der Waals surface area contributed by atoms with E-state index < -0.39 is 0 Å². The van der Waals surface area contributed by atoms with Crippen molar-refractivity contribution in [1.29, 1.82) is 0 Å². The Morgan fingerprint density at radius 3 is 1.87 bits per heavy atom. The molecule has 1 aliphatic carbocycles. The van der Waals surface area contributed by atoms with Crippen LogP contribution < -0.4 is 19.3 Å². The van der Waals surface area contributed by atoms with Crippen LogP contribution in [0.15, 0.2) is 241 Å². The molecule has 2 aliphatic heterocycles. The van der Waals surface area contributed by atoms with Gasteiger partial charge in [0.25, 0.3) is 0 Å². The van der Waals surface area contributed by atoms with Crippen molar-refractivity contribution < 1.29 is 9.47 Å². The number of fused-ring (bicyclic) bond motifs is 6. The van der Waals surface area contributed by atoms with E-state index in [0.29, 0.717) is 0 Å². The fourth-order valence-electron chi connectivity index (χ4n) is 10.8. The minimum Gasteiger partial charge on any atom is -0.458 e. The van der Waals surface area contributed by atoms with Crippen molar-refractivity contribution >= 4 is 65.8 Å². The second-order valence-corrected chi connectivity index (χ2v) is 17.9. The van der Waals surface area contributed by atoms with Gasteiger partial charge >= 0.3 is 0 Å². The zero-order valence-corrected chi connectivity index (χ0v) is 37.9. The molecule has 0 aromatic heterocycles. The highest BCUT2D eigenvalue weighted by molar-refractivity contribution is 6.23. The molecule has 0 N–H and O–H groups in total. The highest BCUT2D eigenvalue weighted by Crippen LogP contribution is 2.51. The standard InChI is InChI=1S/C64H46N2O2/c1-3-16-56-41(2)67-60-28-11-8-25-57(60)65(56)48-33-35-52-55(39-48)64(47-32-31-42-17-4-5-19-44(42)37-47)53-36-34-49(66-58-26-9-12-29-61(58)68-62-30-13-10-27-59(62)66)40-54(53)63(52)46-22-14-21-45(38-46)51-24-15-20-43-18-6-7-23-50(43)51/h3-12,14-29,31-40H,13,30H2,1-2H3/b16-3-. The van der Waals surface area contributed by atoms with Crippen LogP contribution in [0.25, 0.3) is 76.5 Å². The summed E-state index contributed by atoms with van der Waals surface area (Å²) in [6.45, 7) is 4.12. The monoisotopic (exact) mass is 874 g/mol. The lowest BCUT2D eigenvalue weighted by Gasteiger charge is -2.35. The van der Waals surface area contributed by atoms with Gasteiger partial charge < -0.3 is 19.3 Å². The SMILES string of the molecule is C/C=C\C1=C(C)Oc2ccccc2N1c1ccc2c(-c3cccc(-c4cccc5ccccc45)c3)c3cc(N4C5=C(CCC=C5)Oc5ccccc54)ccc3c(-c3ccc4ccccc4c3)c2c1. The van der Waals surface area contributed by atoms with Gasteiger partial charge in [-0.15, -0.1) is 0 Å². The minimum atomic E-state index is 0.834. The molecule has 2 heterocycles. The van der Waals surface area contributed by atoms with Gasteiger partial charge in [-0.2, -0.15) is 0 Å². The highest BCUT2D eigenvalue weighted by atomic mass is 16.5. The largest absolute Gasteiger partial charge is 0.458 e. The number of rotatable bonds is 6. The summed E-state index contributed by atoms with van der Waals surface area (Å²) in [4.78, 5) is 4.75. The van der Waals surface area contributed by atoms with E-state index in [2.05, 4.69) is 236 Å². The van der Waals surface area contributed by atoms with Crippen molar-refractivity contribution in [2.24, 2.45) is 0 Å². The van der Waals surface area contributed by atoms with Crippen LogP contribution in [-0.2, 0) is 0 Å². The Hall–Kier alpha value is -8.60. The first-order chi connectivity index (χ1) is 33.6.